The highest BCUT2D eigenvalue weighted by Crippen LogP contribution is 2.21. The Labute approximate surface area is 176 Å². The van der Waals surface area contributed by atoms with Crippen LogP contribution < -0.4 is 15.4 Å². The number of ether oxygens (including phenoxy) is 1. The van der Waals surface area contributed by atoms with Crippen molar-refractivity contribution in [1.82, 2.24) is 10.3 Å². The normalized spacial score (nSPS) is 11.0. The number of benzene rings is 2. The van der Waals surface area contributed by atoms with E-state index in [1.54, 1.807) is 30.5 Å². The van der Waals surface area contributed by atoms with Gasteiger partial charge in [-0.05, 0) is 61.0 Å². The maximum atomic E-state index is 12.7. The Kier molecular flexibility index (Phi) is 6.68. The van der Waals surface area contributed by atoms with Gasteiger partial charge in [0.1, 0.15) is 11.6 Å². The molecule has 0 spiro atoms. The standard InChI is InChI=1S/C22H23N3O4S/c1-3-29-18-10-8-17(9-11-18)25-21-20(5-4-14-23-21)22(26)24-15-16-6-12-19(13-7-16)30(2,27)28/h4-14H,3,15H2,1-2H3,(H,23,25)(H,24,26). The van der Waals surface area contributed by atoms with Crippen LogP contribution in [-0.4, -0.2) is 32.2 Å². The number of pyridine rings is 1. The second kappa shape index (κ2) is 9.41. The van der Waals surface area contributed by atoms with Crippen molar-refractivity contribution >= 4 is 27.2 Å². The van der Waals surface area contributed by atoms with Crippen LogP contribution in [0.4, 0.5) is 11.5 Å². The van der Waals surface area contributed by atoms with Crippen molar-refractivity contribution in [2.24, 2.45) is 0 Å². The first kappa shape index (κ1) is 21.3. The number of rotatable bonds is 8. The minimum absolute atomic E-state index is 0.242. The summed E-state index contributed by atoms with van der Waals surface area (Å²) in [5.41, 5.74) is 1.97. The Morgan fingerprint density at radius 1 is 1.03 bits per heavy atom. The number of nitrogens with zero attached hydrogens (tertiary/aromatic N) is 1. The fraction of sp³-hybridized carbons (Fsp3) is 0.182. The van der Waals surface area contributed by atoms with Gasteiger partial charge in [-0.1, -0.05) is 12.1 Å². The summed E-state index contributed by atoms with van der Waals surface area (Å²) in [5, 5.41) is 5.99. The van der Waals surface area contributed by atoms with Crippen LogP contribution >= 0.6 is 0 Å². The summed E-state index contributed by atoms with van der Waals surface area (Å²) in [6.07, 6.45) is 2.77. The molecule has 0 unspecified atom stereocenters. The van der Waals surface area contributed by atoms with Crippen molar-refractivity contribution in [1.29, 1.82) is 0 Å². The molecule has 0 fully saturated rings. The first-order valence-electron chi connectivity index (χ1n) is 9.39. The molecular weight excluding hydrogens is 402 g/mol. The molecule has 0 bridgehead atoms. The lowest BCUT2D eigenvalue weighted by Gasteiger charge is -2.12. The van der Waals surface area contributed by atoms with Crippen molar-refractivity contribution in [3.05, 3.63) is 78.0 Å². The Morgan fingerprint density at radius 3 is 2.37 bits per heavy atom. The Bertz CT molecular complexity index is 1110. The molecule has 0 aliphatic heterocycles. The number of hydrogen-bond acceptors (Lipinski definition) is 6. The van der Waals surface area contributed by atoms with E-state index in [4.69, 9.17) is 4.74 Å². The van der Waals surface area contributed by atoms with Gasteiger partial charge in [-0.25, -0.2) is 13.4 Å². The smallest absolute Gasteiger partial charge is 0.255 e. The number of hydrogen-bond donors (Lipinski definition) is 2. The molecule has 0 aliphatic rings. The molecule has 0 aliphatic carbocycles. The van der Waals surface area contributed by atoms with Crippen LogP contribution in [-0.2, 0) is 16.4 Å². The van der Waals surface area contributed by atoms with E-state index in [2.05, 4.69) is 15.6 Å². The lowest BCUT2D eigenvalue weighted by molar-refractivity contribution is 0.0951. The third-order valence-corrected chi connectivity index (χ3v) is 5.41. The summed E-state index contributed by atoms with van der Waals surface area (Å²) in [7, 11) is -3.25. The first-order valence-corrected chi connectivity index (χ1v) is 11.3. The van der Waals surface area contributed by atoms with Crippen LogP contribution in [0, 0.1) is 0 Å². The van der Waals surface area contributed by atoms with Crippen molar-refractivity contribution in [3.63, 3.8) is 0 Å². The molecule has 0 saturated heterocycles. The van der Waals surface area contributed by atoms with Gasteiger partial charge in [0, 0.05) is 24.7 Å². The average Bonchev–Trinajstić information content (AvgIpc) is 2.74. The molecular formula is C22H23N3O4S. The van der Waals surface area contributed by atoms with Crippen LogP contribution in [0.5, 0.6) is 5.75 Å². The first-order chi connectivity index (χ1) is 14.4. The van der Waals surface area contributed by atoms with Crippen LogP contribution in [0.2, 0.25) is 0 Å². The summed E-state index contributed by atoms with van der Waals surface area (Å²) < 4.78 is 28.5. The van der Waals surface area contributed by atoms with Crippen molar-refractivity contribution in [3.8, 4) is 5.75 Å². The van der Waals surface area contributed by atoms with Crippen LogP contribution in [0.1, 0.15) is 22.8 Å². The van der Waals surface area contributed by atoms with Gasteiger partial charge in [0.15, 0.2) is 9.84 Å². The van der Waals surface area contributed by atoms with Gasteiger partial charge in [-0.3, -0.25) is 4.79 Å². The van der Waals surface area contributed by atoms with E-state index in [1.807, 2.05) is 31.2 Å². The summed E-state index contributed by atoms with van der Waals surface area (Å²) in [4.78, 5) is 17.2. The quantitative estimate of drug-likeness (QED) is 0.573. The summed E-state index contributed by atoms with van der Waals surface area (Å²) in [6, 6.07) is 17.2. The van der Waals surface area contributed by atoms with Crippen LogP contribution in [0.25, 0.3) is 0 Å². The number of sulfone groups is 1. The SMILES string of the molecule is CCOc1ccc(Nc2ncccc2C(=O)NCc2ccc(S(C)(=O)=O)cc2)cc1. The number of amides is 1. The van der Waals surface area contributed by atoms with E-state index in [0.29, 0.717) is 18.0 Å². The summed E-state index contributed by atoms with van der Waals surface area (Å²) in [6.45, 7) is 2.78. The molecule has 8 heteroatoms. The maximum Gasteiger partial charge on any atom is 0.255 e. The number of anilines is 2. The predicted octanol–water partition coefficient (Wildman–Crippen LogP) is 3.56. The third kappa shape index (κ3) is 5.57. The van der Waals surface area contributed by atoms with Gasteiger partial charge in [0.2, 0.25) is 0 Å². The highest BCUT2D eigenvalue weighted by Gasteiger charge is 2.13. The molecule has 1 heterocycles. The van der Waals surface area contributed by atoms with E-state index < -0.39 is 9.84 Å². The van der Waals surface area contributed by atoms with Crippen molar-refractivity contribution in [2.75, 3.05) is 18.2 Å². The zero-order valence-corrected chi connectivity index (χ0v) is 17.6. The van der Waals surface area contributed by atoms with E-state index >= 15 is 0 Å². The summed E-state index contributed by atoms with van der Waals surface area (Å²) in [5.74, 6) is 0.916. The van der Waals surface area contributed by atoms with Gasteiger partial charge in [0.25, 0.3) is 5.91 Å². The molecule has 30 heavy (non-hydrogen) atoms. The van der Waals surface area contributed by atoms with Crippen molar-refractivity contribution in [2.45, 2.75) is 18.4 Å². The van der Waals surface area contributed by atoms with E-state index in [1.165, 1.54) is 12.1 Å². The minimum atomic E-state index is -3.25. The van der Waals surface area contributed by atoms with Gasteiger partial charge in [-0.15, -0.1) is 0 Å². The molecule has 1 aromatic heterocycles. The molecule has 0 radical (unpaired) electrons. The number of nitrogens with one attached hydrogen (secondary N) is 2. The highest BCUT2D eigenvalue weighted by atomic mass is 32.2. The number of aromatic nitrogens is 1. The van der Waals surface area contributed by atoms with E-state index in [-0.39, 0.29) is 17.3 Å². The monoisotopic (exact) mass is 425 g/mol. The second-order valence-electron chi connectivity index (χ2n) is 6.58. The Hall–Kier alpha value is -3.39. The van der Waals surface area contributed by atoms with Crippen molar-refractivity contribution < 1.29 is 17.9 Å². The molecule has 3 rings (SSSR count). The largest absolute Gasteiger partial charge is 0.494 e. The number of carbonyl (C=O) groups is 1. The van der Waals surface area contributed by atoms with Gasteiger partial charge < -0.3 is 15.4 Å². The maximum absolute atomic E-state index is 12.7. The average molecular weight is 426 g/mol. The van der Waals surface area contributed by atoms with E-state index in [0.717, 1.165) is 23.3 Å². The predicted molar refractivity (Wildman–Crippen MR) is 116 cm³/mol. The molecule has 2 N–H and O–H groups in total. The molecule has 1 amide bonds. The Balaban J connectivity index is 1.68. The minimum Gasteiger partial charge on any atom is -0.494 e. The van der Waals surface area contributed by atoms with Crippen LogP contribution in [0.3, 0.4) is 0 Å². The summed E-state index contributed by atoms with van der Waals surface area (Å²) >= 11 is 0. The Morgan fingerprint density at radius 2 is 1.73 bits per heavy atom. The number of carbonyl (C=O) groups excluding carboxylic acids is 1. The van der Waals surface area contributed by atoms with Crippen LogP contribution in [0.15, 0.2) is 71.8 Å². The van der Waals surface area contributed by atoms with E-state index in [9.17, 15) is 13.2 Å². The zero-order chi connectivity index (χ0) is 21.6. The second-order valence-corrected chi connectivity index (χ2v) is 8.60. The highest BCUT2D eigenvalue weighted by molar-refractivity contribution is 7.90. The third-order valence-electron chi connectivity index (χ3n) is 4.28. The molecule has 2 aromatic carbocycles. The molecule has 0 atom stereocenters. The van der Waals surface area contributed by atoms with Gasteiger partial charge >= 0.3 is 0 Å². The van der Waals surface area contributed by atoms with Gasteiger partial charge in [-0.2, -0.15) is 0 Å². The molecule has 3 aromatic rings. The lowest BCUT2D eigenvalue weighted by Crippen LogP contribution is -2.24. The van der Waals surface area contributed by atoms with Gasteiger partial charge in [0.05, 0.1) is 17.1 Å². The molecule has 156 valence electrons. The fourth-order valence-corrected chi connectivity index (χ4v) is 3.39. The molecule has 7 nitrogen and oxygen atoms in total. The topological polar surface area (TPSA) is 97.4 Å². The zero-order valence-electron chi connectivity index (χ0n) is 16.8. The molecule has 0 saturated carbocycles. The lowest BCUT2D eigenvalue weighted by atomic mass is 10.2. The fourth-order valence-electron chi connectivity index (χ4n) is 2.76.